The number of rotatable bonds is 3. The number of fused-ring (bicyclic) bond motifs is 1. The van der Waals surface area contributed by atoms with Crippen LogP contribution in [0.1, 0.15) is 10.4 Å². The van der Waals surface area contributed by atoms with Crippen LogP contribution in [0.15, 0.2) is 58.1 Å². The van der Waals surface area contributed by atoms with Crippen molar-refractivity contribution in [1.82, 2.24) is 9.13 Å². The maximum absolute atomic E-state index is 13.3. The molecule has 0 spiro atoms. The van der Waals surface area contributed by atoms with E-state index in [9.17, 15) is 9.59 Å². The van der Waals surface area contributed by atoms with Crippen molar-refractivity contribution in [2.24, 2.45) is 0 Å². The topological polar surface area (TPSA) is 44.0 Å². The van der Waals surface area contributed by atoms with E-state index < -0.39 is 5.69 Å². The van der Waals surface area contributed by atoms with Crippen LogP contribution < -0.4 is 11.2 Å². The summed E-state index contributed by atoms with van der Waals surface area (Å²) in [4.78, 5) is 27.9. The zero-order valence-electron chi connectivity index (χ0n) is 14.6. The Balaban J connectivity index is 2.02. The molecule has 0 saturated carbocycles. The number of aromatic nitrogens is 2. The SMILES string of the molecule is Cc1cc2c(=O)n(-c3cccc(Cl)c3)c(=O)n(Cc3ccc(Cl)cc3Cl)c2s1. The van der Waals surface area contributed by atoms with Gasteiger partial charge in [-0.1, -0.05) is 46.9 Å². The van der Waals surface area contributed by atoms with E-state index >= 15 is 0 Å². The molecule has 0 unspecified atom stereocenters. The van der Waals surface area contributed by atoms with E-state index in [2.05, 4.69) is 0 Å². The Morgan fingerprint density at radius 1 is 0.964 bits per heavy atom. The number of hydrogen-bond acceptors (Lipinski definition) is 3. The summed E-state index contributed by atoms with van der Waals surface area (Å²) in [5.41, 5.74) is 0.332. The van der Waals surface area contributed by atoms with Gasteiger partial charge in [-0.3, -0.25) is 9.36 Å². The molecule has 4 aromatic rings. The van der Waals surface area contributed by atoms with Crippen molar-refractivity contribution in [2.45, 2.75) is 13.5 Å². The largest absolute Gasteiger partial charge is 0.337 e. The van der Waals surface area contributed by atoms with Crippen LogP contribution in [0, 0.1) is 6.92 Å². The molecule has 0 aliphatic carbocycles. The summed E-state index contributed by atoms with van der Waals surface area (Å²) in [7, 11) is 0. The van der Waals surface area contributed by atoms with Crippen molar-refractivity contribution in [3.05, 3.63) is 94.9 Å². The number of hydrogen-bond donors (Lipinski definition) is 0. The standard InChI is InChI=1S/C20H13Cl3N2O2S/c1-11-7-16-18(26)25(15-4-2-3-13(21)8-15)20(27)24(19(16)28-11)10-12-5-6-14(22)9-17(12)23/h2-9H,10H2,1H3. The zero-order valence-corrected chi connectivity index (χ0v) is 17.7. The lowest BCUT2D eigenvalue weighted by molar-refractivity contribution is 0.719. The van der Waals surface area contributed by atoms with Crippen molar-refractivity contribution in [3.8, 4) is 5.69 Å². The van der Waals surface area contributed by atoms with Gasteiger partial charge in [-0.15, -0.1) is 11.3 Å². The number of halogens is 3. The number of aryl methyl sites for hydroxylation is 1. The lowest BCUT2D eigenvalue weighted by Gasteiger charge is -2.13. The molecule has 0 amide bonds. The van der Waals surface area contributed by atoms with E-state index in [0.29, 0.717) is 31.0 Å². The number of thiophene rings is 1. The quantitative estimate of drug-likeness (QED) is 0.411. The van der Waals surface area contributed by atoms with Gasteiger partial charge in [-0.25, -0.2) is 9.36 Å². The number of benzene rings is 2. The highest BCUT2D eigenvalue weighted by Gasteiger charge is 2.18. The molecule has 2 aromatic heterocycles. The minimum atomic E-state index is -0.451. The third-order valence-corrected chi connectivity index (χ3v) is 6.24. The summed E-state index contributed by atoms with van der Waals surface area (Å²) in [6, 6.07) is 13.6. The molecule has 2 heterocycles. The van der Waals surface area contributed by atoms with Crippen molar-refractivity contribution in [3.63, 3.8) is 0 Å². The highest BCUT2D eigenvalue weighted by Crippen LogP contribution is 2.26. The van der Waals surface area contributed by atoms with Gasteiger partial charge in [0, 0.05) is 19.9 Å². The Morgan fingerprint density at radius 2 is 1.71 bits per heavy atom. The van der Waals surface area contributed by atoms with Gasteiger partial charge in [-0.05, 0) is 48.9 Å². The second-order valence-corrected chi connectivity index (χ2v) is 8.82. The molecule has 0 saturated heterocycles. The van der Waals surface area contributed by atoms with Crippen LogP contribution in [0.4, 0.5) is 0 Å². The first-order chi connectivity index (χ1) is 13.3. The molecule has 4 nitrogen and oxygen atoms in total. The fourth-order valence-corrected chi connectivity index (χ4v) is 4.72. The van der Waals surface area contributed by atoms with Crippen LogP contribution in [-0.4, -0.2) is 9.13 Å². The lowest BCUT2D eigenvalue weighted by atomic mass is 10.2. The molecule has 0 bridgehead atoms. The third kappa shape index (κ3) is 3.40. The minimum absolute atomic E-state index is 0.214. The monoisotopic (exact) mass is 450 g/mol. The molecular weight excluding hydrogens is 439 g/mol. The maximum atomic E-state index is 13.3. The molecular formula is C20H13Cl3N2O2S. The van der Waals surface area contributed by atoms with Crippen LogP contribution in [0.3, 0.4) is 0 Å². The summed E-state index contributed by atoms with van der Waals surface area (Å²) >= 11 is 19.8. The van der Waals surface area contributed by atoms with E-state index in [4.69, 9.17) is 34.8 Å². The van der Waals surface area contributed by atoms with Crippen LogP contribution in [0.5, 0.6) is 0 Å². The summed E-state index contributed by atoms with van der Waals surface area (Å²) < 4.78 is 2.70. The van der Waals surface area contributed by atoms with E-state index in [1.807, 2.05) is 6.92 Å². The molecule has 0 radical (unpaired) electrons. The second-order valence-electron chi connectivity index (χ2n) is 6.30. The van der Waals surface area contributed by atoms with Gasteiger partial charge in [-0.2, -0.15) is 0 Å². The normalized spacial score (nSPS) is 11.3. The van der Waals surface area contributed by atoms with Gasteiger partial charge in [0.25, 0.3) is 5.56 Å². The predicted octanol–water partition coefficient (Wildman–Crippen LogP) is 5.53. The van der Waals surface area contributed by atoms with Crippen molar-refractivity contribution >= 4 is 56.4 Å². The molecule has 0 N–H and O–H groups in total. The molecule has 0 aliphatic rings. The van der Waals surface area contributed by atoms with Gasteiger partial charge in [0.2, 0.25) is 0 Å². The van der Waals surface area contributed by atoms with Gasteiger partial charge in [0.15, 0.2) is 0 Å². The van der Waals surface area contributed by atoms with Gasteiger partial charge >= 0.3 is 5.69 Å². The molecule has 4 rings (SSSR count). The fraction of sp³-hybridized carbons (Fsp3) is 0.100. The van der Waals surface area contributed by atoms with Crippen molar-refractivity contribution < 1.29 is 0 Å². The molecule has 0 atom stereocenters. The number of nitrogens with zero attached hydrogens (tertiary/aromatic N) is 2. The average Bonchev–Trinajstić information content (AvgIpc) is 3.02. The summed E-state index contributed by atoms with van der Waals surface area (Å²) in [6.07, 6.45) is 0. The molecule has 0 fully saturated rings. The van der Waals surface area contributed by atoms with Gasteiger partial charge < -0.3 is 0 Å². The predicted molar refractivity (Wildman–Crippen MR) is 117 cm³/mol. The maximum Gasteiger partial charge on any atom is 0.337 e. The summed E-state index contributed by atoms with van der Waals surface area (Å²) in [5, 5.41) is 1.90. The Hall–Kier alpha value is -2.05. The van der Waals surface area contributed by atoms with E-state index in [0.717, 1.165) is 15.0 Å². The van der Waals surface area contributed by atoms with Crippen LogP contribution in [0.25, 0.3) is 15.9 Å². The van der Waals surface area contributed by atoms with E-state index in [1.165, 1.54) is 11.3 Å². The molecule has 2 aromatic carbocycles. The first-order valence-corrected chi connectivity index (χ1v) is 10.3. The van der Waals surface area contributed by atoms with Crippen molar-refractivity contribution in [1.29, 1.82) is 0 Å². The average molecular weight is 452 g/mol. The molecule has 28 heavy (non-hydrogen) atoms. The van der Waals surface area contributed by atoms with Crippen LogP contribution in [0.2, 0.25) is 15.1 Å². The first kappa shape index (κ1) is 19.3. The lowest BCUT2D eigenvalue weighted by Crippen LogP contribution is -2.38. The van der Waals surface area contributed by atoms with Gasteiger partial charge in [0.05, 0.1) is 17.6 Å². The minimum Gasteiger partial charge on any atom is -0.279 e. The van der Waals surface area contributed by atoms with E-state index in [1.54, 1.807) is 53.1 Å². The highest BCUT2D eigenvalue weighted by atomic mass is 35.5. The highest BCUT2D eigenvalue weighted by molar-refractivity contribution is 7.18. The molecule has 8 heteroatoms. The first-order valence-electron chi connectivity index (χ1n) is 8.31. The Morgan fingerprint density at radius 3 is 2.43 bits per heavy atom. The summed E-state index contributed by atoms with van der Waals surface area (Å²) in [6.45, 7) is 2.12. The van der Waals surface area contributed by atoms with Gasteiger partial charge in [0.1, 0.15) is 4.83 Å². The summed E-state index contributed by atoms with van der Waals surface area (Å²) in [5.74, 6) is 0. The zero-order chi connectivity index (χ0) is 20.0. The Labute approximate surface area is 179 Å². The van der Waals surface area contributed by atoms with Crippen LogP contribution >= 0.6 is 46.1 Å². The fourth-order valence-electron chi connectivity index (χ4n) is 3.07. The Kier molecular flexibility index (Phi) is 5.10. The van der Waals surface area contributed by atoms with E-state index in [-0.39, 0.29) is 12.1 Å². The van der Waals surface area contributed by atoms with Crippen molar-refractivity contribution in [2.75, 3.05) is 0 Å². The molecule has 0 aliphatic heterocycles. The van der Waals surface area contributed by atoms with Crippen LogP contribution in [-0.2, 0) is 6.54 Å². The molecule has 142 valence electrons. The smallest absolute Gasteiger partial charge is 0.279 e. The third-order valence-electron chi connectivity index (χ3n) is 4.35. The second kappa shape index (κ2) is 7.41. The Bertz CT molecular complexity index is 1340.